The second kappa shape index (κ2) is 5.00. The summed E-state index contributed by atoms with van der Waals surface area (Å²) in [6, 6.07) is 0. The van der Waals surface area contributed by atoms with Crippen LogP contribution >= 0.6 is 0 Å². The van der Waals surface area contributed by atoms with E-state index in [0.717, 1.165) is 24.9 Å². The van der Waals surface area contributed by atoms with E-state index < -0.39 is 0 Å². The highest BCUT2D eigenvalue weighted by atomic mass is 16.1. The summed E-state index contributed by atoms with van der Waals surface area (Å²) in [4.78, 5) is 11.7. The molecule has 0 saturated heterocycles. The molecule has 0 fully saturated rings. The first-order valence-electron chi connectivity index (χ1n) is 5.12. The van der Waals surface area contributed by atoms with Crippen LogP contribution in [0, 0.1) is 5.92 Å². The zero-order valence-electron chi connectivity index (χ0n) is 8.92. The van der Waals surface area contributed by atoms with Gasteiger partial charge in [0.25, 0.3) is 5.56 Å². The van der Waals surface area contributed by atoms with E-state index in [-0.39, 0.29) is 5.56 Å². The van der Waals surface area contributed by atoms with E-state index in [9.17, 15) is 4.79 Å². The van der Waals surface area contributed by atoms with Crippen molar-refractivity contribution < 1.29 is 0 Å². The van der Waals surface area contributed by atoms with E-state index in [2.05, 4.69) is 18.9 Å². The number of rotatable bonds is 5. The number of nitrogens with two attached hydrogens (primary N) is 1. The molecule has 1 aromatic heterocycles. The average molecular weight is 197 g/mol. The second-order valence-corrected chi connectivity index (χ2v) is 4.00. The molecule has 0 amide bonds. The summed E-state index contributed by atoms with van der Waals surface area (Å²) in [5.74, 6) is 0.480. The fourth-order valence-electron chi connectivity index (χ4n) is 1.42. The summed E-state index contributed by atoms with van der Waals surface area (Å²) in [6.45, 7) is 5.57. The largest absolute Gasteiger partial charge is 0.330 e. The second-order valence-electron chi connectivity index (χ2n) is 4.00. The number of nitrogens with zero attached hydrogens (tertiary/aromatic N) is 1. The van der Waals surface area contributed by atoms with Gasteiger partial charge in [-0.25, -0.2) is 0 Å². The summed E-state index contributed by atoms with van der Waals surface area (Å²) in [7, 11) is 0. The Bertz CT molecular complexity index is 324. The molecule has 0 saturated carbocycles. The highest BCUT2D eigenvalue weighted by Gasteiger charge is 2.06. The monoisotopic (exact) mass is 197 g/mol. The van der Waals surface area contributed by atoms with Crippen LogP contribution in [-0.4, -0.2) is 16.3 Å². The van der Waals surface area contributed by atoms with Crippen molar-refractivity contribution in [2.75, 3.05) is 6.54 Å². The maximum atomic E-state index is 11.7. The van der Waals surface area contributed by atoms with Gasteiger partial charge in [0.2, 0.25) is 0 Å². The molecule has 0 aliphatic rings. The Hall–Kier alpha value is -1.03. The number of aryl methyl sites for hydroxylation is 1. The van der Waals surface area contributed by atoms with Gasteiger partial charge in [-0.3, -0.25) is 9.48 Å². The van der Waals surface area contributed by atoms with Gasteiger partial charge in [0.1, 0.15) is 0 Å². The quantitative estimate of drug-likeness (QED) is 0.730. The van der Waals surface area contributed by atoms with E-state index >= 15 is 0 Å². The van der Waals surface area contributed by atoms with Gasteiger partial charge in [-0.05, 0) is 25.3 Å². The molecule has 1 aromatic rings. The minimum Gasteiger partial charge on any atom is -0.330 e. The molecule has 0 aliphatic carbocycles. The molecule has 0 unspecified atom stereocenters. The Morgan fingerprint density at radius 3 is 2.86 bits per heavy atom. The molecular weight excluding hydrogens is 178 g/mol. The molecule has 0 aromatic carbocycles. The van der Waals surface area contributed by atoms with E-state index in [4.69, 9.17) is 5.73 Å². The Morgan fingerprint density at radius 1 is 1.57 bits per heavy atom. The smallest absolute Gasteiger partial charge is 0.269 e. The average Bonchev–Trinajstić information content (AvgIpc) is 2.45. The molecule has 0 radical (unpaired) electrons. The van der Waals surface area contributed by atoms with Gasteiger partial charge in [0.05, 0.1) is 0 Å². The molecule has 0 bridgehead atoms. The molecule has 0 atom stereocenters. The van der Waals surface area contributed by atoms with Crippen molar-refractivity contribution in [1.82, 2.24) is 9.78 Å². The Morgan fingerprint density at radius 2 is 2.29 bits per heavy atom. The van der Waals surface area contributed by atoms with Crippen molar-refractivity contribution in [2.24, 2.45) is 11.7 Å². The van der Waals surface area contributed by atoms with Crippen molar-refractivity contribution in [3.8, 4) is 0 Å². The van der Waals surface area contributed by atoms with Crippen LogP contribution in [0.15, 0.2) is 11.0 Å². The maximum absolute atomic E-state index is 11.7. The zero-order valence-corrected chi connectivity index (χ0v) is 8.92. The van der Waals surface area contributed by atoms with Crippen LogP contribution in [0.25, 0.3) is 0 Å². The molecule has 1 rings (SSSR count). The Kier molecular flexibility index (Phi) is 3.95. The van der Waals surface area contributed by atoms with E-state index in [1.165, 1.54) is 0 Å². The summed E-state index contributed by atoms with van der Waals surface area (Å²) < 4.78 is 1.66. The summed E-state index contributed by atoms with van der Waals surface area (Å²) in [5, 5.41) is 2.98. The van der Waals surface area contributed by atoms with Crippen molar-refractivity contribution in [2.45, 2.75) is 33.2 Å². The lowest BCUT2D eigenvalue weighted by atomic mass is 10.2. The normalized spacial score (nSPS) is 11.1. The fraction of sp³-hybridized carbons (Fsp3) is 0.700. The van der Waals surface area contributed by atoms with Crippen LogP contribution in [0.1, 0.15) is 25.8 Å². The number of aromatic amines is 1. The molecule has 4 nitrogen and oxygen atoms in total. The van der Waals surface area contributed by atoms with Crippen LogP contribution in [0.2, 0.25) is 0 Å². The highest BCUT2D eigenvalue weighted by molar-refractivity contribution is 5.04. The van der Waals surface area contributed by atoms with E-state index in [1.54, 1.807) is 10.9 Å². The van der Waals surface area contributed by atoms with E-state index in [0.29, 0.717) is 12.5 Å². The molecular formula is C10H19N3O. The lowest BCUT2D eigenvalue weighted by Crippen LogP contribution is -2.21. The van der Waals surface area contributed by atoms with Crippen LogP contribution < -0.4 is 11.3 Å². The lowest BCUT2D eigenvalue weighted by molar-refractivity contribution is 0.472. The first kappa shape index (κ1) is 11.0. The van der Waals surface area contributed by atoms with Gasteiger partial charge in [0, 0.05) is 18.3 Å². The predicted molar refractivity (Wildman–Crippen MR) is 57.3 cm³/mol. The van der Waals surface area contributed by atoms with Gasteiger partial charge in [-0.2, -0.15) is 0 Å². The van der Waals surface area contributed by atoms with E-state index in [1.807, 2.05) is 0 Å². The van der Waals surface area contributed by atoms with Crippen molar-refractivity contribution in [3.05, 3.63) is 22.1 Å². The topological polar surface area (TPSA) is 63.8 Å². The SMILES string of the molecule is CC(C)Cn1[nH]cc(CCCN)c1=O. The molecule has 14 heavy (non-hydrogen) atoms. The summed E-state index contributed by atoms with van der Waals surface area (Å²) >= 11 is 0. The van der Waals surface area contributed by atoms with Crippen molar-refractivity contribution >= 4 is 0 Å². The minimum atomic E-state index is 0.104. The van der Waals surface area contributed by atoms with Crippen LogP contribution in [0.5, 0.6) is 0 Å². The van der Waals surface area contributed by atoms with Gasteiger partial charge < -0.3 is 10.8 Å². The number of nitrogens with one attached hydrogen (secondary N) is 1. The third-order valence-corrected chi connectivity index (χ3v) is 2.11. The summed E-state index contributed by atoms with van der Waals surface area (Å²) in [5.41, 5.74) is 6.34. The minimum absolute atomic E-state index is 0.104. The molecule has 0 spiro atoms. The molecule has 80 valence electrons. The predicted octanol–water partition coefficient (Wildman–Crippen LogP) is 0.724. The summed E-state index contributed by atoms with van der Waals surface area (Å²) in [6.07, 6.45) is 3.44. The highest BCUT2D eigenvalue weighted by Crippen LogP contribution is 1.98. The Labute approximate surface area is 84.1 Å². The van der Waals surface area contributed by atoms with Gasteiger partial charge in [0.15, 0.2) is 0 Å². The lowest BCUT2D eigenvalue weighted by Gasteiger charge is -2.03. The Balaban J connectivity index is 2.70. The first-order chi connectivity index (χ1) is 6.65. The molecule has 3 N–H and O–H groups in total. The molecule has 0 aliphatic heterocycles. The number of hydrogen-bond acceptors (Lipinski definition) is 2. The number of hydrogen-bond donors (Lipinski definition) is 2. The third-order valence-electron chi connectivity index (χ3n) is 2.11. The molecule has 1 heterocycles. The van der Waals surface area contributed by atoms with Crippen molar-refractivity contribution in [1.29, 1.82) is 0 Å². The van der Waals surface area contributed by atoms with Gasteiger partial charge in [-0.15, -0.1) is 0 Å². The number of aromatic nitrogens is 2. The first-order valence-corrected chi connectivity index (χ1v) is 5.12. The van der Waals surface area contributed by atoms with Crippen LogP contribution in [0.4, 0.5) is 0 Å². The third kappa shape index (κ3) is 2.73. The maximum Gasteiger partial charge on any atom is 0.269 e. The fourth-order valence-corrected chi connectivity index (χ4v) is 1.42. The van der Waals surface area contributed by atoms with Gasteiger partial charge >= 0.3 is 0 Å². The van der Waals surface area contributed by atoms with Crippen LogP contribution in [-0.2, 0) is 13.0 Å². The standard InChI is InChI=1S/C10H19N3O/c1-8(2)7-13-10(14)9(6-12-13)4-3-5-11/h6,8,12H,3-5,7,11H2,1-2H3. The zero-order chi connectivity index (χ0) is 10.6. The van der Waals surface area contributed by atoms with Gasteiger partial charge in [-0.1, -0.05) is 13.8 Å². The van der Waals surface area contributed by atoms with Crippen molar-refractivity contribution in [3.63, 3.8) is 0 Å². The number of H-pyrrole nitrogens is 1. The van der Waals surface area contributed by atoms with Crippen LogP contribution in [0.3, 0.4) is 0 Å². The molecule has 4 heteroatoms.